The highest BCUT2D eigenvalue weighted by Crippen LogP contribution is 2.39. The second-order valence-corrected chi connectivity index (χ2v) is 7.34. The minimum absolute atomic E-state index is 0.185. The van der Waals surface area contributed by atoms with E-state index in [2.05, 4.69) is 53.6 Å². The van der Waals surface area contributed by atoms with Gasteiger partial charge in [0.25, 0.3) is 0 Å². The Kier molecular flexibility index (Phi) is 5.20. The standard InChI is InChI=1S/C24H26N2O2/c1-3-19-14-23(27)24(18-4-5-18)22(26-19)15-25-20-10-6-16(7-11-20)17-8-12-21(28-2)13-9-17/h6-14,18,25H,3-5,15H2,1-2H3,(H,26,27). The summed E-state index contributed by atoms with van der Waals surface area (Å²) < 4.78 is 5.22. The van der Waals surface area contributed by atoms with Gasteiger partial charge in [0.15, 0.2) is 5.43 Å². The van der Waals surface area contributed by atoms with E-state index in [0.717, 1.165) is 58.8 Å². The molecule has 0 bridgehead atoms. The van der Waals surface area contributed by atoms with Gasteiger partial charge in [-0.15, -0.1) is 0 Å². The van der Waals surface area contributed by atoms with Crippen LogP contribution in [0, 0.1) is 0 Å². The fraction of sp³-hybridized carbons (Fsp3) is 0.292. The molecule has 4 nitrogen and oxygen atoms in total. The fourth-order valence-corrected chi connectivity index (χ4v) is 3.59. The molecule has 0 saturated heterocycles. The third-order valence-electron chi connectivity index (χ3n) is 5.35. The average molecular weight is 374 g/mol. The van der Waals surface area contributed by atoms with Gasteiger partial charge in [0.1, 0.15) is 5.75 Å². The van der Waals surface area contributed by atoms with E-state index in [-0.39, 0.29) is 5.43 Å². The second kappa shape index (κ2) is 7.93. The van der Waals surface area contributed by atoms with Gasteiger partial charge in [0.05, 0.1) is 13.7 Å². The van der Waals surface area contributed by atoms with Crippen LogP contribution in [0.2, 0.25) is 0 Å². The molecule has 1 saturated carbocycles. The number of ether oxygens (including phenoxy) is 1. The highest BCUT2D eigenvalue weighted by molar-refractivity contribution is 5.66. The van der Waals surface area contributed by atoms with Crippen LogP contribution in [0.4, 0.5) is 5.69 Å². The van der Waals surface area contributed by atoms with Gasteiger partial charge in [0.2, 0.25) is 0 Å². The number of benzene rings is 2. The molecule has 1 aliphatic carbocycles. The summed E-state index contributed by atoms with van der Waals surface area (Å²) in [5.41, 5.74) is 6.55. The van der Waals surface area contributed by atoms with E-state index in [0.29, 0.717) is 12.5 Å². The van der Waals surface area contributed by atoms with Gasteiger partial charge in [-0.1, -0.05) is 31.2 Å². The molecule has 144 valence electrons. The van der Waals surface area contributed by atoms with Crippen molar-refractivity contribution in [3.8, 4) is 16.9 Å². The lowest BCUT2D eigenvalue weighted by Gasteiger charge is -2.13. The maximum Gasteiger partial charge on any atom is 0.185 e. The Balaban J connectivity index is 1.49. The minimum atomic E-state index is 0.185. The quantitative estimate of drug-likeness (QED) is 0.605. The largest absolute Gasteiger partial charge is 0.497 e. The summed E-state index contributed by atoms with van der Waals surface area (Å²) in [6.07, 6.45) is 3.08. The molecule has 3 aromatic rings. The lowest BCUT2D eigenvalue weighted by molar-refractivity contribution is 0.415. The van der Waals surface area contributed by atoms with E-state index >= 15 is 0 Å². The van der Waals surface area contributed by atoms with E-state index in [1.165, 1.54) is 0 Å². The molecule has 1 heterocycles. The smallest absolute Gasteiger partial charge is 0.185 e. The Labute approximate surface area is 165 Å². The second-order valence-electron chi connectivity index (χ2n) is 7.34. The first-order valence-corrected chi connectivity index (χ1v) is 9.91. The topological polar surface area (TPSA) is 54.1 Å². The first kappa shape index (κ1) is 18.4. The SMILES string of the molecule is CCc1cc(=O)c(C2CC2)c(CNc2ccc(-c3ccc(OC)cc3)cc2)[nH]1. The zero-order chi connectivity index (χ0) is 19.5. The molecule has 2 aromatic carbocycles. The summed E-state index contributed by atoms with van der Waals surface area (Å²) in [7, 11) is 1.67. The summed E-state index contributed by atoms with van der Waals surface area (Å²) in [6.45, 7) is 2.70. The predicted molar refractivity (Wildman–Crippen MR) is 114 cm³/mol. The number of aromatic nitrogens is 1. The van der Waals surface area contributed by atoms with E-state index < -0.39 is 0 Å². The molecule has 0 radical (unpaired) electrons. The predicted octanol–water partition coefficient (Wildman–Crippen LogP) is 5.10. The fourth-order valence-electron chi connectivity index (χ4n) is 3.59. The Morgan fingerprint density at radius 1 is 1.04 bits per heavy atom. The molecular weight excluding hydrogens is 348 g/mol. The van der Waals surface area contributed by atoms with Crippen molar-refractivity contribution in [3.63, 3.8) is 0 Å². The average Bonchev–Trinajstić information content (AvgIpc) is 3.57. The summed E-state index contributed by atoms with van der Waals surface area (Å²) in [4.78, 5) is 16.0. The van der Waals surface area contributed by atoms with E-state index in [4.69, 9.17) is 4.74 Å². The monoisotopic (exact) mass is 374 g/mol. The number of methoxy groups -OCH3 is 1. The van der Waals surface area contributed by atoms with Crippen LogP contribution in [0.1, 0.15) is 42.6 Å². The van der Waals surface area contributed by atoms with Gasteiger partial charge >= 0.3 is 0 Å². The number of nitrogens with one attached hydrogen (secondary N) is 2. The first-order chi connectivity index (χ1) is 13.7. The van der Waals surface area contributed by atoms with Crippen LogP contribution in [0.5, 0.6) is 5.75 Å². The maximum absolute atomic E-state index is 12.5. The van der Waals surface area contributed by atoms with Crippen molar-refractivity contribution in [2.75, 3.05) is 12.4 Å². The lowest BCUT2D eigenvalue weighted by Crippen LogP contribution is -2.17. The number of aromatic amines is 1. The van der Waals surface area contributed by atoms with Gasteiger partial charge in [-0.05, 0) is 60.6 Å². The zero-order valence-corrected chi connectivity index (χ0v) is 16.4. The van der Waals surface area contributed by atoms with Crippen LogP contribution >= 0.6 is 0 Å². The minimum Gasteiger partial charge on any atom is -0.497 e. The van der Waals surface area contributed by atoms with Gasteiger partial charge < -0.3 is 15.0 Å². The summed E-state index contributed by atoms with van der Waals surface area (Å²) >= 11 is 0. The summed E-state index contributed by atoms with van der Waals surface area (Å²) in [5, 5.41) is 3.47. The van der Waals surface area contributed by atoms with E-state index in [1.807, 2.05) is 12.1 Å². The number of pyridine rings is 1. The van der Waals surface area contributed by atoms with Crippen LogP contribution in [-0.4, -0.2) is 12.1 Å². The van der Waals surface area contributed by atoms with E-state index in [1.54, 1.807) is 13.2 Å². The van der Waals surface area contributed by atoms with Crippen molar-refractivity contribution >= 4 is 5.69 Å². The van der Waals surface area contributed by atoms with Gasteiger partial charge in [-0.3, -0.25) is 4.79 Å². The number of rotatable bonds is 7. The molecule has 4 heteroatoms. The number of anilines is 1. The van der Waals surface area contributed by atoms with Crippen LogP contribution < -0.4 is 15.5 Å². The molecular formula is C24H26N2O2. The Morgan fingerprint density at radius 3 is 2.25 bits per heavy atom. The Hall–Kier alpha value is -3.01. The maximum atomic E-state index is 12.5. The number of hydrogen-bond acceptors (Lipinski definition) is 3. The van der Waals surface area contributed by atoms with Crippen molar-refractivity contribution in [1.29, 1.82) is 0 Å². The molecule has 0 aliphatic heterocycles. The lowest BCUT2D eigenvalue weighted by atomic mass is 10.0. The molecule has 0 atom stereocenters. The molecule has 1 aliphatic rings. The van der Waals surface area contributed by atoms with Crippen molar-refractivity contribution in [2.45, 2.75) is 38.6 Å². The third-order valence-corrected chi connectivity index (χ3v) is 5.35. The third kappa shape index (κ3) is 3.96. The molecule has 1 aromatic heterocycles. The summed E-state index contributed by atoms with van der Waals surface area (Å²) in [5.74, 6) is 1.29. The molecule has 2 N–H and O–H groups in total. The molecule has 28 heavy (non-hydrogen) atoms. The van der Waals surface area contributed by atoms with Crippen LogP contribution in [-0.2, 0) is 13.0 Å². The molecule has 4 rings (SSSR count). The van der Waals surface area contributed by atoms with Crippen LogP contribution in [0.25, 0.3) is 11.1 Å². The Morgan fingerprint density at radius 2 is 1.68 bits per heavy atom. The molecule has 0 unspecified atom stereocenters. The first-order valence-electron chi connectivity index (χ1n) is 9.91. The highest BCUT2D eigenvalue weighted by Gasteiger charge is 2.29. The van der Waals surface area contributed by atoms with E-state index in [9.17, 15) is 4.79 Å². The number of H-pyrrole nitrogens is 1. The Bertz CT molecular complexity index is 1000. The van der Waals surface area contributed by atoms with Crippen molar-refractivity contribution in [1.82, 2.24) is 4.98 Å². The highest BCUT2D eigenvalue weighted by atomic mass is 16.5. The molecule has 0 spiro atoms. The summed E-state index contributed by atoms with van der Waals surface area (Å²) in [6, 6.07) is 18.2. The number of hydrogen-bond donors (Lipinski definition) is 2. The van der Waals surface area contributed by atoms with Crippen LogP contribution in [0.15, 0.2) is 59.4 Å². The van der Waals surface area contributed by atoms with Gasteiger partial charge in [-0.2, -0.15) is 0 Å². The zero-order valence-electron chi connectivity index (χ0n) is 16.4. The molecule has 1 fully saturated rings. The van der Waals surface area contributed by atoms with Crippen molar-refractivity contribution in [3.05, 3.63) is 81.8 Å². The molecule has 0 amide bonds. The van der Waals surface area contributed by atoms with Crippen molar-refractivity contribution < 1.29 is 4.74 Å². The normalized spacial score (nSPS) is 13.4. The van der Waals surface area contributed by atoms with Crippen molar-refractivity contribution in [2.24, 2.45) is 0 Å². The number of aryl methyl sites for hydroxylation is 1. The van der Waals surface area contributed by atoms with Gasteiger partial charge in [0, 0.05) is 28.7 Å². The van der Waals surface area contributed by atoms with Crippen LogP contribution in [0.3, 0.4) is 0 Å². The van der Waals surface area contributed by atoms with Gasteiger partial charge in [-0.25, -0.2) is 0 Å².